The summed E-state index contributed by atoms with van der Waals surface area (Å²) in [5, 5.41) is 2.93. The Balaban J connectivity index is 1.55. The van der Waals surface area contributed by atoms with Crippen LogP contribution in [0, 0.1) is 0 Å². The third-order valence-electron chi connectivity index (χ3n) is 4.10. The maximum absolute atomic E-state index is 12.2. The second-order valence-electron chi connectivity index (χ2n) is 6.10. The van der Waals surface area contributed by atoms with E-state index in [1.807, 2.05) is 54.6 Å². The van der Waals surface area contributed by atoms with E-state index in [9.17, 15) is 4.79 Å². The molecule has 1 aliphatic rings. The lowest BCUT2D eigenvalue weighted by atomic mass is 10.1. The van der Waals surface area contributed by atoms with Crippen molar-refractivity contribution in [3.05, 3.63) is 54.6 Å². The van der Waals surface area contributed by atoms with Gasteiger partial charge in [-0.1, -0.05) is 24.3 Å². The summed E-state index contributed by atoms with van der Waals surface area (Å²) in [5.74, 6) is 1.45. The quantitative estimate of drug-likeness (QED) is 0.887. The molecule has 2 aromatic carbocycles. The highest BCUT2D eigenvalue weighted by molar-refractivity contribution is 5.92. The fourth-order valence-corrected chi connectivity index (χ4v) is 2.78. The number of ether oxygens (including phenoxy) is 1. The van der Waals surface area contributed by atoms with Crippen molar-refractivity contribution in [3.63, 3.8) is 0 Å². The molecule has 126 valence electrons. The Kier molecular flexibility index (Phi) is 5.46. The lowest BCUT2D eigenvalue weighted by Crippen LogP contribution is -2.43. The average molecular weight is 325 g/mol. The molecule has 1 fully saturated rings. The third-order valence-corrected chi connectivity index (χ3v) is 4.10. The number of hydrogen-bond acceptors (Lipinski definition) is 4. The van der Waals surface area contributed by atoms with E-state index < -0.39 is 0 Å². The summed E-state index contributed by atoms with van der Waals surface area (Å²) >= 11 is 0. The molecule has 0 spiro atoms. The minimum Gasteiger partial charge on any atom is -0.457 e. The highest BCUT2D eigenvalue weighted by Crippen LogP contribution is 2.23. The molecule has 5 heteroatoms. The van der Waals surface area contributed by atoms with Gasteiger partial charge in [-0.05, 0) is 37.1 Å². The van der Waals surface area contributed by atoms with Gasteiger partial charge in [-0.15, -0.1) is 0 Å². The Labute approximate surface area is 142 Å². The van der Waals surface area contributed by atoms with Crippen LogP contribution in [0.4, 0.5) is 5.69 Å². The number of anilines is 1. The van der Waals surface area contributed by atoms with Crippen LogP contribution in [0.5, 0.6) is 11.5 Å². The summed E-state index contributed by atoms with van der Waals surface area (Å²) < 4.78 is 5.79. The average Bonchev–Trinajstić information content (AvgIpc) is 2.58. The number of rotatable bonds is 5. The van der Waals surface area contributed by atoms with Gasteiger partial charge in [-0.3, -0.25) is 9.69 Å². The van der Waals surface area contributed by atoms with Crippen molar-refractivity contribution >= 4 is 11.6 Å². The molecule has 1 heterocycles. The molecule has 1 aliphatic heterocycles. The first-order valence-corrected chi connectivity index (χ1v) is 8.30. The molecule has 0 atom stereocenters. The molecule has 0 aromatic heterocycles. The van der Waals surface area contributed by atoms with Crippen LogP contribution in [0.2, 0.25) is 0 Å². The smallest absolute Gasteiger partial charge is 0.238 e. The van der Waals surface area contributed by atoms with Crippen molar-refractivity contribution in [3.8, 4) is 11.5 Å². The molecule has 0 saturated carbocycles. The number of nitrogens with zero attached hydrogens (tertiary/aromatic N) is 1. The maximum atomic E-state index is 12.2. The van der Waals surface area contributed by atoms with Crippen LogP contribution in [0.25, 0.3) is 0 Å². The second-order valence-corrected chi connectivity index (χ2v) is 6.10. The zero-order chi connectivity index (χ0) is 16.8. The maximum Gasteiger partial charge on any atom is 0.238 e. The number of likely N-dealkylation sites (tertiary alicyclic amines) is 1. The van der Waals surface area contributed by atoms with E-state index in [4.69, 9.17) is 10.5 Å². The van der Waals surface area contributed by atoms with E-state index in [1.165, 1.54) is 0 Å². The standard InChI is InChI=1S/C19H23N3O2/c20-15-9-11-22(12-10-15)14-19(23)21-16-5-4-8-18(13-16)24-17-6-2-1-3-7-17/h1-8,13,15H,9-12,14,20H2,(H,21,23). The van der Waals surface area contributed by atoms with Gasteiger partial charge in [-0.2, -0.15) is 0 Å². The highest BCUT2D eigenvalue weighted by atomic mass is 16.5. The van der Waals surface area contributed by atoms with E-state index in [-0.39, 0.29) is 11.9 Å². The van der Waals surface area contributed by atoms with Gasteiger partial charge < -0.3 is 15.8 Å². The summed E-state index contributed by atoms with van der Waals surface area (Å²) in [4.78, 5) is 14.3. The van der Waals surface area contributed by atoms with E-state index >= 15 is 0 Å². The molecule has 2 aromatic rings. The van der Waals surface area contributed by atoms with Crippen molar-refractivity contribution in [2.75, 3.05) is 25.0 Å². The molecule has 0 bridgehead atoms. The largest absolute Gasteiger partial charge is 0.457 e. The first-order chi connectivity index (χ1) is 11.7. The van der Waals surface area contributed by atoms with Gasteiger partial charge in [0.2, 0.25) is 5.91 Å². The van der Waals surface area contributed by atoms with Crippen LogP contribution in [-0.2, 0) is 4.79 Å². The van der Waals surface area contributed by atoms with Gasteiger partial charge in [0.05, 0.1) is 6.54 Å². The zero-order valence-corrected chi connectivity index (χ0v) is 13.7. The van der Waals surface area contributed by atoms with Crippen LogP contribution < -0.4 is 15.8 Å². The van der Waals surface area contributed by atoms with Crippen molar-refractivity contribution in [1.29, 1.82) is 0 Å². The predicted octanol–water partition coefficient (Wildman–Crippen LogP) is 2.84. The molecule has 3 N–H and O–H groups in total. The number of para-hydroxylation sites is 1. The van der Waals surface area contributed by atoms with Crippen LogP contribution in [-0.4, -0.2) is 36.5 Å². The van der Waals surface area contributed by atoms with Crippen LogP contribution in [0.3, 0.4) is 0 Å². The fraction of sp³-hybridized carbons (Fsp3) is 0.316. The van der Waals surface area contributed by atoms with E-state index in [0.717, 1.165) is 37.4 Å². The van der Waals surface area contributed by atoms with E-state index in [1.54, 1.807) is 0 Å². The Hall–Kier alpha value is -2.37. The monoisotopic (exact) mass is 325 g/mol. The Bertz CT molecular complexity index is 667. The summed E-state index contributed by atoms with van der Waals surface area (Å²) in [6.45, 7) is 2.16. The molecule has 0 radical (unpaired) electrons. The summed E-state index contributed by atoms with van der Waals surface area (Å²) in [6.07, 6.45) is 1.90. The number of benzene rings is 2. The van der Waals surface area contributed by atoms with Crippen molar-refractivity contribution in [2.45, 2.75) is 18.9 Å². The van der Waals surface area contributed by atoms with Crippen molar-refractivity contribution < 1.29 is 9.53 Å². The normalized spacial score (nSPS) is 15.9. The molecule has 24 heavy (non-hydrogen) atoms. The Morgan fingerprint density at radius 3 is 2.54 bits per heavy atom. The predicted molar refractivity (Wildman–Crippen MR) is 95.2 cm³/mol. The van der Waals surface area contributed by atoms with Crippen molar-refractivity contribution in [2.24, 2.45) is 5.73 Å². The zero-order valence-electron chi connectivity index (χ0n) is 13.7. The first kappa shape index (κ1) is 16.5. The lowest BCUT2D eigenvalue weighted by Gasteiger charge is -2.29. The number of hydrogen-bond donors (Lipinski definition) is 2. The molecular weight excluding hydrogens is 302 g/mol. The number of piperidine rings is 1. The Morgan fingerprint density at radius 2 is 1.79 bits per heavy atom. The molecule has 3 rings (SSSR count). The molecule has 1 saturated heterocycles. The fourth-order valence-electron chi connectivity index (χ4n) is 2.78. The number of nitrogens with one attached hydrogen (secondary N) is 1. The molecule has 1 amide bonds. The third kappa shape index (κ3) is 4.81. The number of carbonyl (C=O) groups excluding carboxylic acids is 1. The highest BCUT2D eigenvalue weighted by Gasteiger charge is 2.18. The molecule has 0 unspecified atom stereocenters. The number of amides is 1. The van der Waals surface area contributed by atoms with Crippen LogP contribution >= 0.6 is 0 Å². The SMILES string of the molecule is NC1CCN(CC(=O)Nc2cccc(Oc3ccccc3)c2)CC1. The second kappa shape index (κ2) is 7.95. The topological polar surface area (TPSA) is 67.6 Å². The van der Waals surface area contributed by atoms with Gasteiger partial charge in [0.1, 0.15) is 11.5 Å². The first-order valence-electron chi connectivity index (χ1n) is 8.30. The van der Waals surface area contributed by atoms with Gasteiger partial charge in [0, 0.05) is 30.9 Å². The molecule has 0 aliphatic carbocycles. The molecule has 5 nitrogen and oxygen atoms in total. The van der Waals surface area contributed by atoms with Gasteiger partial charge in [0.25, 0.3) is 0 Å². The Morgan fingerprint density at radius 1 is 1.08 bits per heavy atom. The van der Waals surface area contributed by atoms with Crippen LogP contribution in [0.15, 0.2) is 54.6 Å². The van der Waals surface area contributed by atoms with Gasteiger partial charge in [-0.25, -0.2) is 0 Å². The van der Waals surface area contributed by atoms with Crippen molar-refractivity contribution in [1.82, 2.24) is 4.90 Å². The number of carbonyl (C=O) groups is 1. The summed E-state index contributed by atoms with van der Waals surface area (Å²) in [6, 6.07) is 17.3. The molecular formula is C19H23N3O2. The minimum atomic E-state index is -0.0117. The number of nitrogens with two attached hydrogens (primary N) is 1. The van der Waals surface area contributed by atoms with E-state index in [2.05, 4.69) is 10.2 Å². The summed E-state index contributed by atoms with van der Waals surface area (Å²) in [7, 11) is 0. The van der Waals surface area contributed by atoms with E-state index in [0.29, 0.717) is 12.3 Å². The van der Waals surface area contributed by atoms with Crippen LogP contribution in [0.1, 0.15) is 12.8 Å². The van der Waals surface area contributed by atoms with Gasteiger partial charge in [0.15, 0.2) is 0 Å². The lowest BCUT2D eigenvalue weighted by molar-refractivity contribution is -0.117. The minimum absolute atomic E-state index is 0.0117. The summed E-state index contributed by atoms with van der Waals surface area (Å²) in [5.41, 5.74) is 6.63. The van der Waals surface area contributed by atoms with Gasteiger partial charge >= 0.3 is 0 Å².